The lowest BCUT2D eigenvalue weighted by Gasteiger charge is -2.14. The molecule has 120 valence electrons. The summed E-state index contributed by atoms with van der Waals surface area (Å²) >= 11 is 5.76. The molecule has 1 amide bonds. The minimum absolute atomic E-state index is 0.0695. The van der Waals surface area contributed by atoms with Gasteiger partial charge in [0.1, 0.15) is 17.8 Å². The Morgan fingerprint density at radius 3 is 2.61 bits per heavy atom. The SMILES string of the molecule is O=C(NC(Cc1ccnc(Cl)c1)C(=O)O)OCc1ccccc1. The van der Waals surface area contributed by atoms with Gasteiger partial charge in [0, 0.05) is 12.6 Å². The van der Waals surface area contributed by atoms with E-state index in [4.69, 9.17) is 16.3 Å². The third-order valence-electron chi connectivity index (χ3n) is 3.03. The Hall–Kier alpha value is -2.60. The van der Waals surface area contributed by atoms with Crippen LogP contribution in [0.3, 0.4) is 0 Å². The van der Waals surface area contributed by atoms with Crippen molar-refractivity contribution >= 4 is 23.7 Å². The molecule has 1 aromatic carbocycles. The molecule has 2 rings (SSSR count). The van der Waals surface area contributed by atoms with Crippen LogP contribution < -0.4 is 5.32 Å². The van der Waals surface area contributed by atoms with Crippen molar-refractivity contribution < 1.29 is 19.4 Å². The molecule has 0 aliphatic heterocycles. The lowest BCUT2D eigenvalue weighted by molar-refractivity contribution is -0.139. The molecule has 1 heterocycles. The quantitative estimate of drug-likeness (QED) is 0.793. The number of halogens is 1. The zero-order valence-electron chi connectivity index (χ0n) is 12.1. The Morgan fingerprint density at radius 1 is 1.22 bits per heavy atom. The maximum Gasteiger partial charge on any atom is 0.408 e. The van der Waals surface area contributed by atoms with Crippen molar-refractivity contribution in [3.63, 3.8) is 0 Å². The molecule has 1 atom stereocenters. The molecule has 0 radical (unpaired) electrons. The Bertz CT molecular complexity index is 679. The number of benzene rings is 1. The van der Waals surface area contributed by atoms with Gasteiger partial charge < -0.3 is 15.2 Å². The van der Waals surface area contributed by atoms with Crippen LogP contribution in [-0.2, 0) is 22.6 Å². The minimum atomic E-state index is -1.16. The van der Waals surface area contributed by atoms with Crippen molar-refractivity contribution in [2.75, 3.05) is 0 Å². The Labute approximate surface area is 138 Å². The van der Waals surface area contributed by atoms with Crippen molar-refractivity contribution in [3.8, 4) is 0 Å². The van der Waals surface area contributed by atoms with E-state index >= 15 is 0 Å². The number of carbonyl (C=O) groups excluding carboxylic acids is 1. The first-order valence-electron chi connectivity index (χ1n) is 6.85. The second kappa shape index (κ2) is 8.14. The van der Waals surface area contributed by atoms with Crippen molar-refractivity contribution in [1.82, 2.24) is 10.3 Å². The summed E-state index contributed by atoms with van der Waals surface area (Å²) in [5.41, 5.74) is 1.47. The average Bonchev–Trinajstić information content (AvgIpc) is 2.53. The van der Waals surface area contributed by atoms with Crippen LogP contribution in [0.1, 0.15) is 11.1 Å². The van der Waals surface area contributed by atoms with Crippen molar-refractivity contribution in [3.05, 3.63) is 64.9 Å². The fourth-order valence-electron chi connectivity index (χ4n) is 1.91. The number of nitrogens with one attached hydrogen (secondary N) is 1. The van der Waals surface area contributed by atoms with Gasteiger partial charge in [-0.15, -0.1) is 0 Å². The molecule has 2 aromatic rings. The van der Waals surface area contributed by atoms with Gasteiger partial charge in [0.2, 0.25) is 0 Å². The first kappa shape index (κ1) is 16.8. The third-order valence-corrected chi connectivity index (χ3v) is 3.24. The summed E-state index contributed by atoms with van der Waals surface area (Å²) < 4.78 is 5.02. The number of carboxylic acids is 1. The van der Waals surface area contributed by atoms with E-state index < -0.39 is 18.1 Å². The number of ether oxygens (including phenoxy) is 1. The van der Waals surface area contributed by atoms with E-state index in [1.165, 1.54) is 6.20 Å². The van der Waals surface area contributed by atoms with Gasteiger partial charge in [-0.05, 0) is 23.3 Å². The number of hydrogen-bond acceptors (Lipinski definition) is 4. The number of alkyl carbamates (subject to hydrolysis) is 1. The molecule has 1 aromatic heterocycles. The highest BCUT2D eigenvalue weighted by Gasteiger charge is 2.21. The van der Waals surface area contributed by atoms with Gasteiger partial charge in [0.25, 0.3) is 0 Å². The molecule has 0 bridgehead atoms. The van der Waals surface area contributed by atoms with E-state index in [1.807, 2.05) is 18.2 Å². The summed E-state index contributed by atoms with van der Waals surface area (Å²) in [6, 6.07) is 11.2. The first-order valence-corrected chi connectivity index (χ1v) is 7.23. The van der Waals surface area contributed by atoms with Crippen molar-refractivity contribution in [2.24, 2.45) is 0 Å². The number of carboxylic acid groups (broad SMARTS) is 1. The van der Waals surface area contributed by atoms with Crippen molar-refractivity contribution in [1.29, 1.82) is 0 Å². The van der Waals surface area contributed by atoms with Crippen molar-refractivity contribution in [2.45, 2.75) is 19.1 Å². The second-order valence-corrected chi connectivity index (χ2v) is 5.18. The highest BCUT2D eigenvalue weighted by Crippen LogP contribution is 2.10. The Morgan fingerprint density at radius 2 is 1.96 bits per heavy atom. The molecule has 6 nitrogen and oxygen atoms in total. The van der Waals surface area contributed by atoms with E-state index in [-0.39, 0.29) is 18.2 Å². The Kier molecular flexibility index (Phi) is 5.94. The molecule has 0 fully saturated rings. The van der Waals surface area contributed by atoms with Crippen LogP contribution in [0.4, 0.5) is 4.79 Å². The zero-order valence-corrected chi connectivity index (χ0v) is 12.9. The van der Waals surface area contributed by atoms with E-state index in [0.717, 1.165) is 5.56 Å². The second-order valence-electron chi connectivity index (χ2n) is 4.79. The normalized spacial score (nSPS) is 11.5. The number of amides is 1. The standard InChI is InChI=1S/C16H15ClN2O4/c17-14-9-12(6-7-18-14)8-13(15(20)21)19-16(22)23-10-11-4-2-1-3-5-11/h1-7,9,13H,8,10H2,(H,19,22)(H,20,21). The highest BCUT2D eigenvalue weighted by molar-refractivity contribution is 6.29. The summed E-state index contributed by atoms with van der Waals surface area (Å²) in [6.45, 7) is 0.0695. The zero-order chi connectivity index (χ0) is 16.7. The van der Waals surface area contributed by atoms with Crippen LogP contribution in [0, 0.1) is 0 Å². The predicted molar refractivity (Wildman–Crippen MR) is 84.1 cm³/mol. The number of aromatic nitrogens is 1. The Balaban J connectivity index is 1.91. The first-order chi connectivity index (χ1) is 11.0. The van der Waals surface area contributed by atoms with Gasteiger partial charge in [-0.2, -0.15) is 0 Å². The molecule has 0 aliphatic carbocycles. The van der Waals surface area contributed by atoms with E-state index in [1.54, 1.807) is 24.3 Å². The summed E-state index contributed by atoms with van der Waals surface area (Å²) in [4.78, 5) is 26.9. The molecule has 2 N–H and O–H groups in total. The van der Waals surface area contributed by atoms with Gasteiger partial charge >= 0.3 is 12.1 Å². The van der Waals surface area contributed by atoms with E-state index in [2.05, 4.69) is 10.3 Å². The highest BCUT2D eigenvalue weighted by atomic mass is 35.5. The molecule has 0 aliphatic rings. The monoisotopic (exact) mass is 334 g/mol. The van der Waals surface area contributed by atoms with Crippen LogP contribution >= 0.6 is 11.6 Å². The molecule has 0 spiro atoms. The van der Waals surface area contributed by atoms with Crippen LogP contribution in [-0.4, -0.2) is 28.2 Å². The van der Waals surface area contributed by atoms with Crippen LogP contribution in [0.2, 0.25) is 5.15 Å². The van der Waals surface area contributed by atoms with Gasteiger partial charge in [0.15, 0.2) is 0 Å². The number of rotatable bonds is 6. The molecular weight excluding hydrogens is 320 g/mol. The number of hydrogen-bond donors (Lipinski definition) is 2. The third kappa shape index (κ3) is 5.60. The maximum absolute atomic E-state index is 11.8. The molecule has 23 heavy (non-hydrogen) atoms. The summed E-state index contributed by atoms with van der Waals surface area (Å²) in [6.07, 6.45) is 0.767. The molecule has 0 saturated heterocycles. The van der Waals surface area contributed by atoms with Gasteiger partial charge in [-0.1, -0.05) is 41.9 Å². The number of aliphatic carboxylic acids is 1. The molecule has 7 heteroatoms. The predicted octanol–water partition coefficient (Wildman–Crippen LogP) is 2.66. The van der Waals surface area contributed by atoms with Crippen LogP contribution in [0.5, 0.6) is 0 Å². The number of pyridine rings is 1. The summed E-state index contributed by atoms with van der Waals surface area (Å²) in [5, 5.41) is 11.8. The van der Waals surface area contributed by atoms with E-state index in [0.29, 0.717) is 5.56 Å². The lowest BCUT2D eigenvalue weighted by atomic mass is 10.1. The van der Waals surface area contributed by atoms with E-state index in [9.17, 15) is 14.7 Å². The fraction of sp³-hybridized carbons (Fsp3) is 0.188. The van der Waals surface area contributed by atoms with Crippen LogP contribution in [0.15, 0.2) is 48.7 Å². The smallest absolute Gasteiger partial charge is 0.408 e. The minimum Gasteiger partial charge on any atom is -0.480 e. The summed E-state index contributed by atoms with van der Waals surface area (Å²) in [7, 11) is 0. The molecule has 1 unspecified atom stereocenters. The number of nitrogens with zero attached hydrogens (tertiary/aromatic N) is 1. The molecular formula is C16H15ClN2O4. The average molecular weight is 335 g/mol. The van der Waals surface area contributed by atoms with Gasteiger partial charge in [-0.3, -0.25) is 0 Å². The maximum atomic E-state index is 11.8. The van der Waals surface area contributed by atoms with Gasteiger partial charge in [0.05, 0.1) is 0 Å². The largest absolute Gasteiger partial charge is 0.480 e. The fourth-order valence-corrected chi connectivity index (χ4v) is 2.11. The topological polar surface area (TPSA) is 88.5 Å². The molecule has 0 saturated carbocycles. The van der Waals surface area contributed by atoms with Crippen LogP contribution in [0.25, 0.3) is 0 Å². The van der Waals surface area contributed by atoms with Gasteiger partial charge in [-0.25, -0.2) is 14.6 Å². The summed E-state index contributed by atoms with van der Waals surface area (Å²) in [5.74, 6) is -1.16. The number of carbonyl (C=O) groups is 2. The lowest BCUT2D eigenvalue weighted by Crippen LogP contribution is -2.42.